The first kappa shape index (κ1) is 16.5. The van der Waals surface area contributed by atoms with E-state index in [1.807, 2.05) is 0 Å². The van der Waals surface area contributed by atoms with E-state index in [1.165, 1.54) is 37.1 Å². The molecule has 2 heterocycles. The Morgan fingerprint density at radius 3 is 2.57 bits per heavy atom. The van der Waals surface area contributed by atoms with Crippen LogP contribution in [0.3, 0.4) is 0 Å². The highest BCUT2D eigenvalue weighted by Crippen LogP contribution is 2.15. The van der Waals surface area contributed by atoms with Crippen LogP contribution in [-0.4, -0.2) is 37.0 Å². The van der Waals surface area contributed by atoms with Crippen molar-refractivity contribution in [3.63, 3.8) is 0 Å². The zero-order valence-electron chi connectivity index (χ0n) is 14.0. The number of rotatable bonds is 5. The Bertz CT molecular complexity index is 486. The standard InChI is InChI=1S/C19H29N3O/c23-19(18-4-3-10-20-11-9-18)21-14-16-5-7-17(8-6-16)15-22-12-1-2-13-22/h5-8,18,20H,1-4,9-15H2,(H,21,23)/t18-/m0/s1. The third kappa shape index (κ3) is 5.05. The summed E-state index contributed by atoms with van der Waals surface area (Å²) in [6, 6.07) is 8.71. The predicted molar refractivity (Wildman–Crippen MR) is 93.0 cm³/mol. The average Bonchev–Trinajstić information content (AvgIpc) is 2.93. The van der Waals surface area contributed by atoms with Crippen molar-refractivity contribution in [3.8, 4) is 0 Å². The van der Waals surface area contributed by atoms with Crippen LogP contribution in [-0.2, 0) is 17.9 Å². The molecule has 0 bridgehead atoms. The fourth-order valence-corrected chi connectivity index (χ4v) is 3.58. The van der Waals surface area contributed by atoms with Crippen molar-refractivity contribution in [1.29, 1.82) is 0 Å². The molecule has 1 aromatic rings. The number of benzene rings is 1. The fourth-order valence-electron chi connectivity index (χ4n) is 3.58. The van der Waals surface area contributed by atoms with Crippen LogP contribution in [0.1, 0.15) is 43.2 Å². The molecule has 0 aliphatic carbocycles. The molecule has 23 heavy (non-hydrogen) atoms. The van der Waals surface area contributed by atoms with Crippen LogP contribution in [0.5, 0.6) is 0 Å². The molecule has 4 heteroatoms. The van der Waals surface area contributed by atoms with Crippen molar-refractivity contribution < 1.29 is 4.79 Å². The van der Waals surface area contributed by atoms with Crippen molar-refractivity contribution in [2.75, 3.05) is 26.2 Å². The molecule has 2 aliphatic heterocycles. The Morgan fingerprint density at radius 2 is 1.78 bits per heavy atom. The van der Waals surface area contributed by atoms with E-state index in [4.69, 9.17) is 0 Å². The Morgan fingerprint density at radius 1 is 1.04 bits per heavy atom. The van der Waals surface area contributed by atoms with Gasteiger partial charge in [0.1, 0.15) is 0 Å². The largest absolute Gasteiger partial charge is 0.352 e. The van der Waals surface area contributed by atoms with E-state index < -0.39 is 0 Å². The lowest BCUT2D eigenvalue weighted by atomic mass is 10.00. The lowest BCUT2D eigenvalue weighted by molar-refractivity contribution is -0.125. The smallest absolute Gasteiger partial charge is 0.223 e. The monoisotopic (exact) mass is 315 g/mol. The van der Waals surface area contributed by atoms with Crippen molar-refractivity contribution in [2.45, 2.75) is 45.2 Å². The summed E-state index contributed by atoms with van der Waals surface area (Å²) in [6.07, 6.45) is 5.74. The van der Waals surface area contributed by atoms with Gasteiger partial charge < -0.3 is 10.6 Å². The topological polar surface area (TPSA) is 44.4 Å². The van der Waals surface area contributed by atoms with Crippen LogP contribution in [0.15, 0.2) is 24.3 Å². The molecule has 0 saturated carbocycles. The van der Waals surface area contributed by atoms with Gasteiger partial charge in [-0.2, -0.15) is 0 Å². The number of amides is 1. The summed E-state index contributed by atoms with van der Waals surface area (Å²) in [4.78, 5) is 14.8. The lowest BCUT2D eigenvalue weighted by Crippen LogP contribution is -2.30. The maximum absolute atomic E-state index is 12.3. The number of nitrogens with one attached hydrogen (secondary N) is 2. The SMILES string of the molecule is O=C(NCc1ccc(CN2CCCC2)cc1)[C@H]1CCCNCC1. The van der Waals surface area contributed by atoms with Gasteiger partial charge >= 0.3 is 0 Å². The highest BCUT2D eigenvalue weighted by molar-refractivity contribution is 5.78. The fraction of sp³-hybridized carbons (Fsp3) is 0.632. The zero-order chi connectivity index (χ0) is 15.9. The molecule has 2 N–H and O–H groups in total. The molecule has 4 nitrogen and oxygen atoms in total. The third-order valence-corrected chi connectivity index (χ3v) is 5.04. The maximum atomic E-state index is 12.3. The maximum Gasteiger partial charge on any atom is 0.223 e. The summed E-state index contributed by atoms with van der Waals surface area (Å²) in [5, 5.41) is 6.47. The number of carbonyl (C=O) groups excluding carboxylic acids is 1. The van der Waals surface area contributed by atoms with E-state index in [0.717, 1.165) is 38.9 Å². The van der Waals surface area contributed by atoms with Crippen LogP contribution in [0.2, 0.25) is 0 Å². The molecule has 1 amide bonds. The minimum Gasteiger partial charge on any atom is -0.352 e. The molecule has 2 fully saturated rings. The second kappa shape index (κ2) is 8.46. The van der Waals surface area contributed by atoms with E-state index in [9.17, 15) is 4.79 Å². The summed E-state index contributed by atoms with van der Waals surface area (Å²) in [7, 11) is 0. The van der Waals surface area contributed by atoms with E-state index in [2.05, 4.69) is 39.8 Å². The first-order valence-electron chi connectivity index (χ1n) is 9.10. The Labute approximate surface area is 139 Å². The van der Waals surface area contributed by atoms with Crippen LogP contribution < -0.4 is 10.6 Å². The summed E-state index contributed by atoms with van der Waals surface area (Å²) < 4.78 is 0. The average molecular weight is 315 g/mol. The van der Waals surface area contributed by atoms with Crippen molar-refractivity contribution >= 4 is 5.91 Å². The summed E-state index contributed by atoms with van der Waals surface area (Å²) in [5.74, 6) is 0.397. The van der Waals surface area contributed by atoms with Crippen molar-refractivity contribution in [2.24, 2.45) is 5.92 Å². The van der Waals surface area contributed by atoms with Gasteiger partial charge in [0.05, 0.1) is 0 Å². The molecule has 2 saturated heterocycles. The van der Waals surface area contributed by atoms with Gasteiger partial charge in [0.2, 0.25) is 5.91 Å². The van der Waals surface area contributed by atoms with Crippen molar-refractivity contribution in [3.05, 3.63) is 35.4 Å². The second-order valence-corrected chi connectivity index (χ2v) is 6.90. The highest BCUT2D eigenvalue weighted by atomic mass is 16.1. The molecule has 2 aliphatic rings. The van der Waals surface area contributed by atoms with Crippen LogP contribution >= 0.6 is 0 Å². The number of carbonyl (C=O) groups is 1. The van der Waals surface area contributed by atoms with E-state index >= 15 is 0 Å². The van der Waals surface area contributed by atoms with E-state index in [-0.39, 0.29) is 11.8 Å². The molecule has 0 aromatic heterocycles. The molecule has 3 rings (SSSR count). The number of hydrogen-bond acceptors (Lipinski definition) is 3. The molecule has 1 atom stereocenters. The van der Waals surface area contributed by atoms with Gasteiger partial charge in [0, 0.05) is 19.0 Å². The quantitative estimate of drug-likeness (QED) is 0.876. The van der Waals surface area contributed by atoms with Gasteiger partial charge in [-0.15, -0.1) is 0 Å². The van der Waals surface area contributed by atoms with Gasteiger partial charge in [0.25, 0.3) is 0 Å². The van der Waals surface area contributed by atoms with Gasteiger partial charge in [-0.05, 0) is 69.4 Å². The summed E-state index contributed by atoms with van der Waals surface area (Å²) in [6.45, 7) is 6.17. The molecule has 0 radical (unpaired) electrons. The summed E-state index contributed by atoms with van der Waals surface area (Å²) in [5.41, 5.74) is 2.56. The number of nitrogens with zero attached hydrogens (tertiary/aromatic N) is 1. The molecular formula is C19H29N3O. The van der Waals surface area contributed by atoms with Crippen molar-refractivity contribution in [1.82, 2.24) is 15.5 Å². The molecule has 0 unspecified atom stereocenters. The first-order chi connectivity index (χ1) is 11.3. The summed E-state index contributed by atoms with van der Waals surface area (Å²) >= 11 is 0. The molecule has 1 aromatic carbocycles. The second-order valence-electron chi connectivity index (χ2n) is 6.90. The molecular weight excluding hydrogens is 286 g/mol. The van der Waals surface area contributed by atoms with Crippen LogP contribution in [0, 0.1) is 5.92 Å². The van der Waals surface area contributed by atoms with Crippen LogP contribution in [0.4, 0.5) is 0 Å². The Kier molecular flexibility index (Phi) is 6.06. The van der Waals surface area contributed by atoms with Crippen LogP contribution in [0.25, 0.3) is 0 Å². The van der Waals surface area contributed by atoms with Gasteiger partial charge in [-0.25, -0.2) is 0 Å². The predicted octanol–water partition coefficient (Wildman–Crippen LogP) is 2.29. The minimum absolute atomic E-state index is 0.180. The van der Waals surface area contributed by atoms with E-state index in [1.54, 1.807) is 0 Å². The minimum atomic E-state index is 0.180. The number of likely N-dealkylation sites (tertiary alicyclic amines) is 1. The molecule has 126 valence electrons. The van der Waals surface area contributed by atoms with Gasteiger partial charge in [-0.1, -0.05) is 24.3 Å². The zero-order valence-corrected chi connectivity index (χ0v) is 14.0. The van der Waals surface area contributed by atoms with Gasteiger partial charge in [0.15, 0.2) is 0 Å². The first-order valence-corrected chi connectivity index (χ1v) is 9.10. The number of hydrogen-bond donors (Lipinski definition) is 2. The van der Waals surface area contributed by atoms with Gasteiger partial charge in [-0.3, -0.25) is 9.69 Å². The third-order valence-electron chi connectivity index (χ3n) is 5.04. The lowest BCUT2D eigenvalue weighted by Gasteiger charge is -2.15. The Balaban J connectivity index is 1.45. The highest BCUT2D eigenvalue weighted by Gasteiger charge is 2.19. The normalized spacial score (nSPS) is 22.7. The van der Waals surface area contributed by atoms with E-state index in [0.29, 0.717) is 6.54 Å². The Hall–Kier alpha value is -1.39. The molecule has 0 spiro atoms.